The molecule has 1 aromatic carbocycles. The Kier molecular flexibility index (Phi) is 10.6. The predicted molar refractivity (Wildman–Crippen MR) is 84.5 cm³/mol. The summed E-state index contributed by atoms with van der Waals surface area (Å²) < 4.78 is 18.3. The molecule has 0 radical (unpaired) electrons. The van der Waals surface area contributed by atoms with Crippen LogP contribution < -0.4 is 15.4 Å². The van der Waals surface area contributed by atoms with E-state index in [1.165, 1.54) is 12.1 Å². The standard InChI is InChI=1S/C15H23FN2O2.ClH/c1-3-17-12(2)11-18-15(19)8-5-9-20-14-7-4-6-13(16)10-14;/h4,6-7,10,12,17H,3,5,8-9,11H2,1-2H3,(H,18,19);1H/t12-;/m1./s1. The minimum Gasteiger partial charge on any atom is -0.493 e. The Bertz CT molecular complexity index is 418. The van der Waals surface area contributed by atoms with Crippen LogP contribution in [0.2, 0.25) is 0 Å². The minimum atomic E-state index is -0.322. The third kappa shape index (κ3) is 9.26. The maximum absolute atomic E-state index is 12.9. The molecule has 0 saturated heterocycles. The summed E-state index contributed by atoms with van der Waals surface area (Å²) in [6.07, 6.45) is 1.02. The van der Waals surface area contributed by atoms with Gasteiger partial charge in [-0.1, -0.05) is 13.0 Å². The highest BCUT2D eigenvalue weighted by Gasteiger charge is 2.04. The van der Waals surface area contributed by atoms with Crippen molar-refractivity contribution in [1.29, 1.82) is 0 Å². The molecule has 0 unspecified atom stereocenters. The molecule has 6 heteroatoms. The second-order valence-corrected chi connectivity index (χ2v) is 4.67. The Balaban J connectivity index is 0.00000400. The van der Waals surface area contributed by atoms with Gasteiger partial charge in [0.25, 0.3) is 0 Å². The van der Waals surface area contributed by atoms with Crippen molar-refractivity contribution >= 4 is 18.3 Å². The summed E-state index contributed by atoms with van der Waals surface area (Å²) in [6, 6.07) is 6.26. The molecule has 1 amide bonds. The first-order chi connectivity index (χ1) is 9.61. The smallest absolute Gasteiger partial charge is 0.220 e. The van der Waals surface area contributed by atoms with Crippen molar-refractivity contribution < 1.29 is 13.9 Å². The van der Waals surface area contributed by atoms with Crippen molar-refractivity contribution in [3.05, 3.63) is 30.1 Å². The van der Waals surface area contributed by atoms with E-state index in [2.05, 4.69) is 10.6 Å². The quantitative estimate of drug-likeness (QED) is 0.688. The maximum Gasteiger partial charge on any atom is 0.220 e. The molecular weight excluding hydrogens is 295 g/mol. The van der Waals surface area contributed by atoms with E-state index in [4.69, 9.17) is 4.74 Å². The minimum absolute atomic E-state index is 0. The number of carbonyl (C=O) groups excluding carboxylic acids is 1. The predicted octanol–water partition coefficient (Wildman–Crippen LogP) is 2.52. The van der Waals surface area contributed by atoms with E-state index in [0.29, 0.717) is 31.7 Å². The lowest BCUT2D eigenvalue weighted by molar-refractivity contribution is -0.121. The van der Waals surface area contributed by atoms with Gasteiger partial charge in [0.2, 0.25) is 5.91 Å². The molecule has 0 aromatic heterocycles. The number of hydrogen-bond acceptors (Lipinski definition) is 3. The van der Waals surface area contributed by atoms with Crippen LogP contribution in [0.5, 0.6) is 5.75 Å². The SMILES string of the molecule is CCN[C@H](C)CNC(=O)CCCOc1cccc(F)c1.Cl. The molecule has 0 saturated carbocycles. The van der Waals surface area contributed by atoms with Gasteiger partial charge in [-0.3, -0.25) is 4.79 Å². The van der Waals surface area contributed by atoms with Crippen molar-refractivity contribution in [2.75, 3.05) is 19.7 Å². The molecule has 1 atom stereocenters. The van der Waals surface area contributed by atoms with Crippen molar-refractivity contribution in [2.24, 2.45) is 0 Å². The second kappa shape index (κ2) is 11.3. The average Bonchev–Trinajstić information content (AvgIpc) is 2.42. The first-order valence-electron chi connectivity index (χ1n) is 7.00. The number of rotatable bonds is 9. The second-order valence-electron chi connectivity index (χ2n) is 4.67. The summed E-state index contributed by atoms with van der Waals surface area (Å²) in [5, 5.41) is 6.08. The number of ether oxygens (including phenoxy) is 1. The van der Waals surface area contributed by atoms with Crippen LogP contribution in [0.4, 0.5) is 4.39 Å². The van der Waals surface area contributed by atoms with E-state index < -0.39 is 0 Å². The van der Waals surface area contributed by atoms with E-state index in [0.717, 1.165) is 6.54 Å². The zero-order valence-electron chi connectivity index (χ0n) is 12.5. The van der Waals surface area contributed by atoms with Crippen LogP contribution in [-0.4, -0.2) is 31.6 Å². The van der Waals surface area contributed by atoms with Crippen LogP contribution in [0.3, 0.4) is 0 Å². The number of likely N-dealkylation sites (N-methyl/N-ethyl adjacent to an activating group) is 1. The zero-order valence-corrected chi connectivity index (χ0v) is 13.3. The molecular formula is C15H24ClFN2O2. The van der Waals surface area contributed by atoms with Crippen LogP contribution in [-0.2, 0) is 4.79 Å². The summed E-state index contributed by atoms with van der Waals surface area (Å²) in [4.78, 5) is 11.6. The molecule has 0 aliphatic carbocycles. The number of amides is 1. The number of halogens is 2. The molecule has 1 aromatic rings. The maximum atomic E-state index is 12.9. The van der Waals surface area contributed by atoms with Gasteiger partial charge in [0.05, 0.1) is 6.61 Å². The van der Waals surface area contributed by atoms with Gasteiger partial charge in [-0.25, -0.2) is 4.39 Å². The zero-order chi connectivity index (χ0) is 14.8. The van der Waals surface area contributed by atoms with Crippen molar-refractivity contribution in [2.45, 2.75) is 32.7 Å². The van der Waals surface area contributed by atoms with Gasteiger partial charge < -0.3 is 15.4 Å². The Morgan fingerprint density at radius 3 is 2.86 bits per heavy atom. The molecule has 0 spiro atoms. The van der Waals surface area contributed by atoms with Gasteiger partial charge in [-0.15, -0.1) is 12.4 Å². The van der Waals surface area contributed by atoms with E-state index >= 15 is 0 Å². The Hall–Kier alpha value is -1.33. The molecule has 120 valence electrons. The Morgan fingerprint density at radius 2 is 2.19 bits per heavy atom. The van der Waals surface area contributed by atoms with E-state index in [-0.39, 0.29) is 30.2 Å². The summed E-state index contributed by atoms with van der Waals surface area (Å²) in [5.74, 6) is 0.182. The van der Waals surface area contributed by atoms with Crippen LogP contribution in [0.15, 0.2) is 24.3 Å². The lowest BCUT2D eigenvalue weighted by Gasteiger charge is -2.13. The van der Waals surface area contributed by atoms with Crippen LogP contribution >= 0.6 is 12.4 Å². The van der Waals surface area contributed by atoms with Crippen molar-refractivity contribution in [3.63, 3.8) is 0 Å². The van der Waals surface area contributed by atoms with Crippen molar-refractivity contribution in [3.8, 4) is 5.75 Å². The molecule has 0 aliphatic heterocycles. The molecule has 0 aliphatic rings. The molecule has 2 N–H and O–H groups in total. The fraction of sp³-hybridized carbons (Fsp3) is 0.533. The number of nitrogens with one attached hydrogen (secondary N) is 2. The summed E-state index contributed by atoms with van der Waals surface area (Å²) in [5.41, 5.74) is 0. The fourth-order valence-electron chi connectivity index (χ4n) is 1.76. The summed E-state index contributed by atoms with van der Waals surface area (Å²) >= 11 is 0. The lowest BCUT2D eigenvalue weighted by Crippen LogP contribution is -2.38. The highest BCUT2D eigenvalue weighted by molar-refractivity contribution is 5.85. The first-order valence-corrected chi connectivity index (χ1v) is 7.00. The largest absolute Gasteiger partial charge is 0.493 e. The van der Waals surface area contributed by atoms with Gasteiger partial charge in [-0.05, 0) is 32.0 Å². The third-order valence-corrected chi connectivity index (χ3v) is 2.77. The Labute approximate surface area is 131 Å². The van der Waals surface area contributed by atoms with Crippen molar-refractivity contribution in [1.82, 2.24) is 10.6 Å². The number of benzene rings is 1. The lowest BCUT2D eigenvalue weighted by atomic mass is 10.3. The molecule has 0 bridgehead atoms. The van der Waals surface area contributed by atoms with Gasteiger partial charge in [-0.2, -0.15) is 0 Å². The summed E-state index contributed by atoms with van der Waals surface area (Å²) in [7, 11) is 0. The highest BCUT2D eigenvalue weighted by atomic mass is 35.5. The Morgan fingerprint density at radius 1 is 1.43 bits per heavy atom. The average molecular weight is 319 g/mol. The van der Waals surface area contributed by atoms with Crippen LogP contribution in [0, 0.1) is 5.82 Å². The van der Waals surface area contributed by atoms with Gasteiger partial charge in [0.1, 0.15) is 11.6 Å². The molecule has 0 fully saturated rings. The van der Waals surface area contributed by atoms with Gasteiger partial charge in [0, 0.05) is 25.1 Å². The number of carbonyl (C=O) groups is 1. The van der Waals surface area contributed by atoms with Gasteiger partial charge >= 0.3 is 0 Å². The van der Waals surface area contributed by atoms with E-state index in [9.17, 15) is 9.18 Å². The molecule has 4 nitrogen and oxygen atoms in total. The summed E-state index contributed by atoms with van der Waals surface area (Å²) in [6.45, 7) is 5.97. The first kappa shape index (κ1) is 19.7. The number of hydrogen-bond donors (Lipinski definition) is 2. The monoisotopic (exact) mass is 318 g/mol. The van der Waals surface area contributed by atoms with Crippen LogP contribution in [0.25, 0.3) is 0 Å². The molecule has 0 heterocycles. The highest BCUT2D eigenvalue weighted by Crippen LogP contribution is 2.12. The normalized spacial score (nSPS) is 11.4. The van der Waals surface area contributed by atoms with Gasteiger partial charge in [0.15, 0.2) is 0 Å². The topological polar surface area (TPSA) is 50.4 Å². The van der Waals surface area contributed by atoms with Crippen LogP contribution in [0.1, 0.15) is 26.7 Å². The molecule has 1 rings (SSSR count). The van der Waals surface area contributed by atoms with E-state index in [1.807, 2.05) is 13.8 Å². The van der Waals surface area contributed by atoms with E-state index in [1.54, 1.807) is 12.1 Å². The molecule has 21 heavy (non-hydrogen) atoms. The fourth-order valence-corrected chi connectivity index (χ4v) is 1.76. The third-order valence-electron chi connectivity index (χ3n) is 2.77.